The van der Waals surface area contributed by atoms with Crippen LogP contribution in [0.3, 0.4) is 0 Å². The van der Waals surface area contributed by atoms with Crippen LogP contribution in [0.5, 0.6) is 0 Å². The molecule has 2 aromatic rings. The lowest BCUT2D eigenvalue weighted by Gasteiger charge is -2.14. The van der Waals surface area contributed by atoms with E-state index in [1.54, 1.807) is 18.3 Å². The van der Waals surface area contributed by atoms with Gasteiger partial charge in [-0.3, -0.25) is 5.10 Å². The number of halogens is 1. The largest absolute Gasteiger partial charge is 0.396 e. The van der Waals surface area contributed by atoms with Crippen LogP contribution in [0, 0.1) is 11.7 Å². The van der Waals surface area contributed by atoms with Crippen LogP contribution >= 0.6 is 0 Å². The Hall–Kier alpha value is -1.72. The third kappa shape index (κ3) is 4.12. The molecule has 1 aromatic carbocycles. The lowest BCUT2D eigenvalue weighted by atomic mass is 10.0. The van der Waals surface area contributed by atoms with Gasteiger partial charge in [-0.25, -0.2) is 4.39 Å². The maximum Gasteiger partial charge on any atom is 0.132 e. The van der Waals surface area contributed by atoms with Crippen LogP contribution in [-0.2, 0) is 6.54 Å². The highest BCUT2D eigenvalue weighted by atomic mass is 19.1. The zero-order valence-corrected chi connectivity index (χ0v) is 12.3. The van der Waals surface area contributed by atoms with Gasteiger partial charge in [0.15, 0.2) is 0 Å². The van der Waals surface area contributed by atoms with Gasteiger partial charge in [0, 0.05) is 24.3 Å². The van der Waals surface area contributed by atoms with E-state index in [-0.39, 0.29) is 12.4 Å². The van der Waals surface area contributed by atoms with Crippen molar-refractivity contribution in [2.24, 2.45) is 5.92 Å². The number of aliphatic hydroxyl groups is 1. The van der Waals surface area contributed by atoms with E-state index in [4.69, 9.17) is 5.11 Å². The Morgan fingerprint density at radius 2 is 2.19 bits per heavy atom. The van der Waals surface area contributed by atoms with Crippen molar-refractivity contribution in [3.63, 3.8) is 0 Å². The molecular weight excluding hydrogens is 269 g/mol. The molecule has 1 heterocycles. The molecule has 2 rings (SSSR count). The lowest BCUT2D eigenvalue weighted by molar-refractivity contribution is 0.251. The molecule has 0 radical (unpaired) electrons. The SMILES string of the molecule is CCC(CCO)CNCc1cn[nH]c1-c1ccccc1F. The van der Waals surface area contributed by atoms with Crippen LogP contribution in [0.2, 0.25) is 0 Å². The topological polar surface area (TPSA) is 60.9 Å². The van der Waals surface area contributed by atoms with Gasteiger partial charge in [0.05, 0.1) is 11.9 Å². The Morgan fingerprint density at radius 1 is 1.38 bits per heavy atom. The fourth-order valence-corrected chi connectivity index (χ4v) is 2.39. The number of H-pyrrole nitrogens is 1. The molecular formula is C16H22FN3O. The van der Waals surface area contributed by atoms with Crippen molar-refractivity contribution in [3.05, 3.63) is 41.8 Å². The number of nitrogens with one attached hydrogen (secondary N) is 2. The molecule has 0 spiro atoms. The van der Waals surface area contributed by atoms with Gasteiger partial charge in [0.1, 0.15) is 5.82 Å². The van der Waals surface area contributed by atoms with E-state index < -0.39 is 0 Å². The van der Waals surface area contributed by atoms with E-state index in [1.165, 1.54) is 6.07 Å². The van der Waals surface area contributed by atoms with Crippen LogP contribution in [0.4, 0.5) is 4.39 Å². The van der Waals surface area contributed by atoms with Crippen molar-refractivity contribution < 1.29 is 9.50 Å². The quantitative estimate of drug-likeness (QED) is 0.701. The minimum atomic E-state index is -0.255. The molecule has 3 N–H and O–H groups in total. The van der Waals surface area contributed by atoms with Crippen molar-refractivity contribution in [1.82, 2.24) is 15.5 Å². The Labute approximate surface area is 124 Å². The molecule has 0 bridgehead atoms. The monoisotopic (exact) mass is 291 g/mol. The number of hydrogen-bond donors (Lipinski definition) is 3. The number of aliphatic hydroxyl groups excluding tert-OH is 1. The van der Waals surface area contributed by atoms with Crippen LogP contribution in [0.25, 0.3) is 11.3 Å². The first-order valence-corrected chi connectivity index (χ1v) is 7.35. The minimum Gasteiger partial charge on any atom is -0.396 e. The third-order valence-corrected chi connectivity index (χ3v) is 3.72. The highest BCUT2D eigenvalue weighted by Gasteiger charge is 2.12. The van der Waals surface area contributed by atoms with Gasteiger partial charge >= 0.3 is 0 Å². The number of aromatic nitrogens is 2. The average Bonchev–Trinajstić information content (AvgIpc) is 2.95. The normalized spacial score (nSPS) is 12.5. The molecule has 4 nitrogen and oxygen atoms in total. The summed E-state index contributed by atoms with van der Waals surface area (Å²) in [4.78, 5) is 0. The van der Waals surface area contributed by atoms with Crippen molar-refractivity contribution in [3.8, 4) is 11.3 Å². The van der Waals surface area contributed by atoms with Crippen molar-refractivity contribution in [2.75, 3.05) is 13.2 Å². The van der Waals surface area contributed by atoms with Crippen LogP contribution in [0.1, 0.15) is 25.3 Å². The zero-order valence-electron chi connectivity index (χ0n) is 12.3. The van der Waals surface area contributed by atoms with Crippen LogP contribution in [0.15, 0.2) is 30.5 Å². The van der Waals surface area contributed by atoms with Gasteiger partial charge in [0.25, 0.3) is 0 Å². The van der Waals surface area contributed by atoms with Gasteiger partial charge in [-0.1, -0.05) is 25.5 Å². The van der Waals surface area contributed by atoms with Gasteiger partial charge in [-0.2, -0.15) is 5.10 Å². The van der Waals surface area contributed by atoms with E-state index in [2.05, 4.69) is 22.4 Å². The molecule has 0 saturated carbocycles. The third-order valence-electron chi connectivity index (χ3n) is 3.72. The smallest absolute Gasteiger partial charge is 0.132 e. The number of rotatable bonds is 8. The Morgan fingerprint density at radius 3 is 2.90 bits per heavy atom. The standard InChI is InChI=1S/C16H22FN3O/c1-2-12(7-8-21)9-18-10-13-11-19-20-16(13)14-5-3-4-6-15(14)17/h3-6,11-12,18,21H,2,7-10H2,1H3,(H,19,20). The predicted octanol–water partition coefficient (Wildman–Crippen LogP) is 2.71. The Kier molecular flexibility index (Phi) is 5.90. The summed E-state index contributed by atoms with van der Waals surface area (Å²) < 4.78 is 13.8. The maximum atomic E-state index is 13.8. The minimum absolute atomic E-state index is 0.215. The molecule has 0 aliphatic carbocycles. The summed E-state index contributed by atoms with van der Waals surface area (Å²) in [7, 11) is 0. The summed E-state index contributed by atoms with van der Waals surface area (Å²) in [6.07, 6.45) is 3.55. The summed E-state index contributed by atoms with van der Waals surface area (Å²) in [5.74, 6) is 0.202. The zero-order chi connectivity index (χ0) is 15.1. The molecule has 0 amide bonds. The molecule has 0 aliphatic heterocycles. The number of aromatic amines is 1. The van der Waals surface area contributed by atoms with Gasteiger partial charge < -0.3 is 10.4 Å². The summed E-state index contributed by atoms with van der Waals surface area (Å²) in [6, 6.07) is 6.67. The number of benzene rings is 1. The highest BCUT2D eigenvalue weighted by molar-refractivity contribution is 5.63. The fourth-order valence-electron chi connectivity index (χ4n) is 2.39. The van der Waals surface area contributed by atoms with E-state index in [9.17, 15) is 4.39 Å². The Balaban J connectivity index is 2.00. The van der Waals surface area contributed by atoms with E-state index in [1.807, 2.05) is 6.07 Å². The molecule has 1 atom stereocenters. The summed E-state index contributed by atoms with van der Waals surface area (Å²) >= 11 is 0. The number of hydrogen-bond acceptors (Lipinski definition) is 3. The molecule has 21 heavy (non-hydrogen) atoms. The van der Waals surface area contributed by atoms with Gasteiger partial charge in [0.2, 0.25) is 0 Å². The van der Waals surface area contributed by atoms with Crippen molar-refractivity contribution in [1.29, 1.82) is 0 Å². The van der Waals surface area contributed by atoms with Crippen LogP contribution < -0.4 is 5.32 Å². The molecule has 1 unspecified atom stereocenters. The molecule has 0 saturated heterocycles. The molecule has 1 aromatic heterocycles. The van der Waals surface area contributed by atoms with E-state index >= 15 is 0 Å². The highest BCUT2D eigenvalue weighted by Crippen LogP contribution is 2.23. The molecule has 114 valence electrons. The predicted molar refractivity (Wildman–Crippen MR) is 81.2 cm³/mol. The second-order valence-corrected chi connectivity index (χ2v) is 5.17. The fraction of sp³-hybridized carbons (Fsp3) is 0.438. The Bertz CT molecular complexity index is 556. The average molecular weight is 291 g/mol. The number of nitrogens with zero attached hydrogens (tertiary/aromatic N) is 1. The first-order valence-electron chi connectivity index (χ1n) is 7.35. The van der Waals surface area contributed by atoms with E-state index in [0.29, 0.717) is 18.0 Å². The van der Waals surface area contributed by atoms with E-state index in [0.717, 1.165) is 30.6 Å². The molecule has 0 fully saturated rings. The summed E-state index contributed by atoms with van der Waals surface area (Å²) in [5, 5.41) is 19.2. The summed E-state index contributed by atoms with van der Waals surface area (Å²) in [6.45, 7) is 3.79. The van der Waals surface area contributed by atoms with Gasteiger partial charge in [-0.05, 0) is 31.0 Å². The van der Waals surface area contributed by atoms with Crippen LogP contribution in [-0.4, -0.2) is 28.5 Å². The van der Waals surface area contributed by atoms with Crippen molar-refractivity contribution in [2.45, 2.75) is 26.3 Å². The van der Waals surface area contributed by atoms with Gasteiger partial charge in [-0.15, -0.1) is 0 Å². The summed E-state index contributed by atoms with van der Waals surface area (Å²) in [5.41, 5.74) is 2.20. The maximum absolute atomic E-state index is 13.8. The lowest BCUT2D eigenvalue weighted by Crippen LogP contribution is -2.23. The first-order chi connectivity index (χ1) is 10.3. The second-order valence-electron chi connectivity index (χ2n) is 5.17. The first kappa shape index (κ1) is 15.7. The second kappa shape index (κ2) is 7.90. The molecule has 5 heteroatoms. The molecule has 0 aliphatic rings. The van der Waals surface area contributed by atoms with Crippen molar-refractivity contribution >= 4 is 0 Å².